The minimum atomic E-state index is -0.376. The van der Waals surface area contributed by atoms with Crippen molar-refractivity contribution >= 4 is 34.9 Å². The summed E-state index contributed by atoms with van der Waals surface area (Å²) in [5.74, 6) is 0.262. The number of aryl methyl sites for hydroxylation is 1. The molecule has 0 fully saturated rings. The number of carbonyl (C=O) groups is 2. The van der Waals surface area contributed by atoms with Gasteiger partial charge in [-0.25, -0.2) is 0 Å². The van der Waals surface area contributed by atoms with Crippen molar-refractivity contribution in [2.75, 3.05) is 16.8 Å². The average molecular weight is 308 g/mol. The fourth-order valence-electron chi connectivity index (χ4n) is 1.78. The third-order valence-corrected chi connectivity index (χ3v) is 2.93. The summed E-state index contributed by atoms with van der Waals surface area (Å²) >= 11 is 5.90. The highest BCUT2D eigenvalue weighted by Gasteiger charge is 2.17. The fourth-order valence-corrected chi connectivity index (χ4v) is 1.96. The van der Waals surface area contributed by atoms with Gasteiger partial charge >= 0.3 is 0 Å². The van der Waals surface area contributed by atoms with Crippen LogP contribution in [0.3, 0.4) is 0 Å². The van der Waals surface area contributed by atoms with E-state index in [-0.39, 0.29) is 18.4 Å². The number of amides is 2. The predicted molar refractivity (Wildman–Crippen MR) is 79.3 cm³/mol. The van der Waals surface area contributed by atoms with E-state index in [1.54, 1.807) is 37.3 Å². The van der Waals surface area contributed by atoms with Crippen LogP contribution in [-0.2, 0) is 9.59 Å². The van der Waals surface area contributed by atoms with Crippen molar-refractivity contribution in [3.8, 4) is 0 Å². The van der Waals surface area contributed by atoms with Crippen molar-refractivity contribution in [1.29, 1.82) is 0 Å². The standard InChI is InChI=1S/C14H14ClN3O3/c1-9-6-13(17-21-9)16-14(20)8-18(10(2)19)12-5-3-4-11(15)7-12/h3-7H,8H2,1-2H3,(H,16,17,20). The van der Waals surface area contributed by atoms with Crippen LogP contribution >= 0.6 is 11.6 Å². The Balaban J connectivity index is 2.09. The number of halogens is 1. The number of carbonyl (C=O) groups excluding carboxylic acids is 2. The number of hydrogen-bond donors (Lipinski definition) is 1. The molecule has 1 N–H and O–H groups in total. The Bertz CT molecular complexity index is 669. The van der Waals surface area contributed by atoms with E-state index >= 15 is 0 Å². The van der Waals surface area contributed by atoms with Crippen LogP contribution in [0.5, 0.6) is 0 Å². The van der Waals surface area contributed by atoms with Crippen molar-refractivity contribution in [3.63, 3.8) is 0 Å². The molecule has 0 aliphatic heterocycles. The maximum Gasteiger partial charge on any atom is 0.245 e. The lowest BCUT2D eigenvalue weighted by molar-refractivity contribution is -0.120. The van der Waals surface area contributed by atoms with Crippen LogP contribution in [0.1, 0.15) is 12.7 Å². The van der Waals surface area contributed by atoms with E-state index in [4.69, 9.17) is 16.1 Å². The first-order valence-electron chi connectivity index (χ1n) is 6.22. The zero-order valence-corrected chi connectivity index (χ0v) is 12.3. The molecule has 0 atom stereocenters. The highest BCUT2D eigenvalue weighted by atomic mass is 35.5. The first-order chi connectivity index (χ1) is 9.95. The minimum absolute atomic E-state index is 0.137. The Labute approximate surface area is 126 Å². The van der Waals surface area contributed by atoms with Gasteiger partial charge in [-0.2, -0.15) is 0 Å². The fraction of sp³-hybridized carbons (Fsp3) is 0.214. The molecule has 0 saturated heterocycles. The molecule has 110 valence electrons. The Morgan fingerprint density at radius 1 is 1.38 bits per heavy atom. The summed E-state index contributed by atoms with van der Waals surface area (Å²) in [5, 5.41) is 6.72. The Kier molecular flexibility index (Phi) is 4.59. The van der Waals surface area contributed by atoms with Gasteiger partial charge in [-0.1, -0.05) is 22.8 Å². The van der Waals surface area contributed by atoms with E-state index in [2.05, 4.69) is 10.5 Å². The molecular formula is C14H14ClN3O3. The first-order valence-corrected chi connectivity index (χ1v) is 6.60. The number of hydrogen-bond acceptors (Lipinski definition) is 4. The quantitative estimate of drug-likeness (QED) is 0.942. The van der Waals surface area contributed by atoms with Gasteiger partial charge in [0.2, 0.25) is 11.8 Å². The molecule has 0 spiro atoms. The second-order valence-electron chi connectivity index (χ2n) is 4.46. The van der Waals surface area contributed by atoms with Gasteiger partial charge in [0.1, 0.15) is 12.3 Å². The molecule has 0 unspecified atom stereocenters. The van der Waals surface area contributed by atoms with E-state index < -0.39 is 0 Å². The number of nitrogens with zero attached hydrogens (tertiary/aromatic N) is 2. The third kappa shape index (κ3) is 4.06. The smallest absolute Gasteiger partial charge is 0.245 e. The Hall–Kier alpha value is -2.34. The zero-order chi connectivity index (χ0) is 15.4. The summed E-state index contributed by atoms with van der Waals surface area (Å²) in [6.07, 6.45) is 0. The molecule has 21 heavy (non-hydrogen) atoms. The molecule has 7 heteroatoms. The van der Waals surface area contributed by atoms with Gasteiger partial charge in [-0.05, 0) is 25.1 Å². The van der Waals surface area contributed by atoms with Crippen molar-refractivity contribution in [2.45, 2.75) is 13.8 Å². The minimum Gasteiger partial charge on any atom is -0.360 e. The molecule has 0 aliphatic carbocycles. The van der Waals surface area contributed by atoms with Crippen LogP contribution in [0.15, 0.2) is 34.9 Å². The van der Waals surface area contributed by atoms with E-state index in [0.29, 0.717) is 22.3 Å². The number of rotatable bonds is 4. The van der Waals surface area contributed by atoms with Crippen molar-refractivity contribution in [3.05, 3.63) is 41.1 Å². The molecule has 0 saturated carbocycles. The molecule has 2 rings (SSSR count). The SMILES string of the molecule is CC(=O)N(CC(=O)Nc1cc(C)on1)c1cccc(Cl)c1. The Morgan fingerprint density at radius 3 is 2.71 bits per heavy atom. The highest BCUT2D eigenvalue weighted by Crippen LogP contribution is 2.19. The lowest BCUT2D eigenvalue weighted by atomic mass is 10.2. The summed E-state index contributed by atoms with van der Waals surface area (Å²) in [7, 11) is 0. The van der Waals surface area contributed by atoms with Gasteiger partial charge in [-0.15, -0.1) is 0 Å². The van der Waals surface area contributed by atoms with Gasteiger partial charge in [0, 0.05) is 23.7 Å². The molecule has 1 heterocycles. The van der Waals surface area contributed by atoms with Gasteiger partial charge < -0.3 is 14.7 Å². The third-order valence-electron chi connectivity index (χ3n) is 2.70. The van der Waals surface area contributed by atoms with E-state index in [0.717, 1.165) is 0 Å². The molecule has 2 amide bonds. The molecular weight excluding hydrogens is 294 g/mol. The molecule has 1 aromatic heterocycles. The molecule has 6 nitrogen and oxygen atoms in total. The number of anilines is 2. The van der Waals surface area contributed by atoms with Crippen LogP contribution in [-0.4, -0.2) is 23.5 Å². The van der Waals surface area contributed by atoms with Crippen LogP contribution in [0.25, 0.3) is 0 Å². The van der Waals surface area contributed by atoms with Crippen molar-refractivity contribution in [1.82, 2.24) is 5.16 Å². The topological polar surface area (TPSA) is 75.4 Å². The number of benzene rings is 1. The lowest BCUT2D eigenvalue weighted by Gasteiger charge is -2.20. The van der Waals surface area contributed by atoms with Crippen LogP contribution in [0.4, 0.5) is 11.5 Å². The Morgan fingerprint density at radius 2 is 2.14 bits per heavy atom. The van der Waals surface area contributed by atoms with Gasteiger partial charge in [0.15, 0.2) is 5.82 Å². The largest absolute Gasteiger partial charge is 0.360 e. The normalized spacial score (nSPS) is 10.2. The summed E-state index contributed by atoms with van der Waals surface area (Å²) in [6, 6.07) is 8.33. The van der Waals surface area contributed by atoms with Gasteiger partial charge in [-0.3, -0.25) is 9.59 Å². The number of nitrogens with one attached hydrogen (secondary N) is 1. The second kappa shape index (κ2) is 6.41. The predicted octanol–water partition coefficient (Wildman–Crippen LogP) is 2.63. The van der Waals surface area contributed by atoms with E-state index in [1.807, 2.05) is 0 Å². The van der Waals surface area contributed by atoms with Gasteiger partial charge in [0.25, 0.3) is 0 Å². The van der Waals surface area contributed by atoms with Crippen LogP contribution in [0.2, 0.25) is 5.02 Å². The van der Waals surface area contributed by atoms with Crippen molar-refractivity contribution < 1.29 is 14.1 Å². The van der Waals surface area contributed by atoms with Crippen LogP contribution < -0.4 is 10.2 Å². The molecule has 2 aromatic rings. The molecule has 0 bridgehead atoms. The van der Waals surface area contributed by atoms with Crippen molar-refractivity contribution in [2.24, 2.45) is 0 Å². The maximum absolute atomic E-state index is 12.0. The zero-order valence-electron chi connectivity index (χ0n) is 11.6. The maximum atomic E-state index is 12.0. The van der Waals surface area contributed by atoms with Crippen LogP contribution in [0, 0.1) is 6.92 Å². The number of aromatic nitrogens is 1. The molecule has 1 aromatic carbocycles. The highest BCUT2D eigenvalue weighted by molar-refractivity contribution is 6.31. The van der Waals surface area contributed by atoms with E-state index in [9.17, 15) is 9.59 Å². The first kappa shape index (κ1) is 15.1. The summed E-state index contributed by atoms with van der Waals surface area (Å²) in [4.78, 5) is 25.0. The second-order valence-corrected chi connectivity index (χ2v) is 4.89. The lowest BCUT2D eigenvalue weighted by Crippen LogP contribution is -2.36. The average Bonchev–Trinajstić information content (AvgIpc) is 2.81. The molecule has 0 aliphatic rings. The van der Waals surface area contributed by atoms with E-state index in [1.165, 1.54) is 11.8 Å². The summed E-state index contributed by atoms with van der Waals surface area (Å²) in [5.41, 5.74) is 0.557. The molecule has 0 radical (unpaired) electrons. The summed E-state index contributed by atoms with van der Waals surface area (Å²) < 4.78 is 4.86. The summed E-state index contributed by atoms with van der Waals surface area (Å²) in [6.45, 7) is 2.96. The monoisotopic (exact) mass is 307 g/mol. The van der Waals surface area contributed by atoms with Gasteiger partial charge in [0.05, 0.1) is 0 Å².